The monoisotopic (exact) mass is 256 g/mol. The van der Waals surface area contributed by atoms with Crippen molar-refractivity contribution >= 4 is 11.3 Å². The number of hydrogen-bond donors (Lipinski definition) is 1. The first kappa shape index (κ1) is 12.8. The molecule has 2 nitrogen and oxygen atoms in total. The molecule has 2 rings (SSSR count). The SMILES string of the molecule is CCc1ccc(CNCc2ccc(C#N)cc2)s1. The van der Waals surface area contributed by atoms with E-state index >= 15 is 0 Å². The maximum absolute atomic E-state index is 8.71. The molecule has 1 aromatic carbocycles. The summed E-state index contributed by atoms with van der Waals surface area (Å²) in [7, 11) is 0. The van der Waals surface area contributed by atoms with Crippen LogP contribution in [-0.4, -0.2) is 0 Å². The summed E-state index contributed by atoms with van der Waals surface area (Å²) in [6.07, 6.45) is 1.11. The summed E-state index contributed by atoms with van der Waals surface area (Å²) >= 11 is 1.87. The van der Waals surface area contributed by atoms with Crippen LogP contribution < -0.4 is 5.32 Å². The van der Waals surface area contributed by atoms with E-state index in [0.29, 0.717) is 5.56 Å². The Morgan fingerprint density at radius 1 is 1.06 bits per heavy atom. The van der Waals surface area contributed by atoms with Crippen LogP contribution in [0.1, 0.15) is 27.8 Å². The van der Waals surface area contributed by atoms with Crippen molar-refractivity contribution in [3.63, 3.8) is 0 Å². The fourth-order valence-corrected chi connectivity index (χ4v) is 2.66. The van der Waals surface area contributed by atoms with Crippen molar-refractivity contribution in [2.75, 3.05) is 0 Å². The second kappa shape index (κ2) is 6.34. The molecule has 0 amide bonds. The minimum atomic E-state index is 0.713. The average Bonchev–Trinajstić information content (AvgIpc) is 2.87. The molecule has 0 bridgehead atoms. The third-order valence-corrected chi connectivity index (χ3v) is 4.01. The lowest BCUT2D eigenvalue weighted by Gasteiger charge is -2.03. The van der Waals surface area contributed by atoms with Gasteiger partial charge < -0.3 is 5.32 Å². The van der Waals surface area contributed by atoms with Crippen LogP contribution in [0.2, 0.25) is 0 Å². The molecule has 2 aromatic rings. The van der Waals surface area contributed by atoms with E-state index in [1.165, 1.54) is 15.3 Å². The molecule has 1 aromatic heterocycles. The van der Waals surface area contributed by atoms with E-state index in [2.05, 4.69) is 30.4 Å². The third-order valence-electron chi connectivity index (χ3n) is 2.78. The van der Waals surface area contributed by atoms with E-state index < -0.39 is 0 Å². The van der Waals surface area contributed by atoms with Crippen LogP contribution in [0.5, 0.6) is 0 Å². The van der Waals surface area contributed by atoms with Crippen LogP contribution in [0.25, 0.3) is 0 Å². The summed E-state index contributed by atoms with van der Waals surface area (Å²) in [6.45, 7) is 3.93. The van der Waals surface area contributed by atoms with E-state index in [0.717, 1.165) is 19.5 Å². The van der Waals surface area contributed by atoms with Gasteiger partial charge in [0.25, 0.3) is 0 Å². The predicted octanol–water partition coefficient (Wildman–Crippen LogP) is 3.47. The molecule has 0 aliphatic rings. The Kier molecular flexibility index (Phi) is 4.52. The van der Waals surface area contributed by atoms with E-state index in [-0.39, 0.29) is 0 Å². The van der Waals surface area contributed by atoms with Crippen LogP contribution in [0.15, 0.2) is 36.4 Å². The average molecular weight is 256 g/mol. The highest BCUT2D eigenvalue weighted by molar-refractivity contribution is 7.11. The van der Waals surface area contributed by atoms with Crippen molar-refractivity contribution in [2.24, 2.45) is 0 Å². The Labute approximate surface area is 112 Å². The summed E-state index contributed by atoms with van der Waals surface area (Å²) in [5.74, 6) is 0. The minimum Gasteiger partial charge on any atom is -0.308 e. The standard InChI is InChI=1S/C15H16N2S/c1-2-14-7-8-15(18-14)11-17-10-13-5-3-12(9-16)4-6-13/h3-8,17H,2,10-11H2,1H3. The number of hydrogen-bond acceptors (Lipinski definition) is 3. The van der Waals surface area contributed by atoms with Gasteiger partial charge in [0.2, 0.25) is 0 Å². The molecule has 3 heteroatoms. The fourth-order valence-electron chi connectivity index (χ4n) is 1.73. The first-order chi connectivity index (χ1) is 8.81. The molecule has 0 aliphatic carbocycles. The molecule has 0 fully saturated rings. The van der Waals surface area contributed by atoms with Gasteiger partial charge >= 0.3 is 0 Å². The Hall–Kier alpha value is -1.63. The highest BCUT2D eigenvalue weighted by Crippen LogP contribution is 2.16. The number of nitriles is 1. The molecule has 0 aliphatic heterocycles. The van der Waals surface area contributed by atoms with Crippen molar-refractivity contribution in [3.8, 4) is 6.07 Å². The largest absolute Gasteiger partial charge is 0.308 e. The lowest BCUT2D eigenvalue weighted by molar-refractivity contribution is 0.701. The highest BCUT2D eigenvalue weighted by Gasteiger charge is 1.98. The quantitative estimate of drug-likeness (QED) is 0.889. The minimum absolute atomic E-state index is 0.713. The zero-order chi connectivity index (χ0) is 12.8. The van der Waals surface area contributed by atoms with Crippen molar-refractivity contribution < 1.29 is 0 Å². The van der Waals surface area contributed by atoms with Gasteiger partial charge in [0.15, 0.2) is 0 Å². The Morgan fingerprint density at radius 3 is 2.39 bits per heavy atom. The smallest absolute Gasteiger partial charge is 0.0991 e. The van der Waals surface area contributed by atoms with E-state index in [1.807, 2.05) is 35.6 Å². The van der Waals surface area contributed by atoms with Crippen molar-refractivity contribution in [2.45, 2.75) is 26.4 Å². The molecule has 0 saturated heterocycles. The topological polar surface area (TPSA) is 35.8 Å². The van der Waals surface area contributed by atoms with E-state index in [9.17, 15) is 0 Å². The molecule has 0 radical (unpaired) electrons. The maximum atomic E-state index is 8.71. The van der Waals surface area contributed by atoms with Gasteiger partial charge in [-0.25, -0.2) is 0 Å². The van der Waals surface area contributed by atoms with Gasteiger partial charge in [0, 0.05) is 22.8 Å². The predicted molar refractivity (Wildman–Crippen MR) is 75.4 cm³/mol. The molecule has 0 unspecified atom stereocenters. The molecular weight excluding hydrogens is 240 g/mol. The van der Waals surface area contributed by atoms with Gasteiger partial charge in [-0.15, -0.1) is 11.3 Å². The number of benzene rings is 1. The highest BCUT2D eigenvalue weighted by atomic mass is 32.1. The van der Waals surface area contributed by atoms with Gasteiger partial charge in [0.05, 0.1) is 11.6 Å². The van der Waals surface area contributed by atoms with Crippen LogP contribution in [0, 0.1) is 11.3 Å². The summed E-state index contributed by atoms with van der Waals surface area (Å²) in [6, 6.07) is 14.2. The molecule has 0 saturated carbocycles. The van der Waals surface area contributed by atoms with Gasteiger partial charge in [0.1, 0.15) is 0 Å². The number of nitrogens with one attached hydrogen (secondary N) is 1. The molecule has 0 spiro atoms. The molecule has 0 atom stereocenters. The number of rotatable bonds is 5. The van der Waals surface area contributed by atoms with Gasteiger partial charge in [-0.2, -0.15) is 5.26 Å². The van der Waals surface area contributed by atoms with Crippen molar-refractivity contribution in [1.82, 2.24) is 5.32 Å². The van der Waals surface area contributed by atoms with Gasteiger partial charge in [-0.05, 0) is 36.2 Å². The molecule has 1 heterocycles. The fraction of sp³-hybridized carbons (Fsp3) is 0.267. The maximum Gasteiger partial charge on any atom is 0.0991 e. The Balaban J connectivity index is 1.82. The lowest BCUT2D eigenvalue weighted by atomic mass is 10.1. The van der Waals surface area contributed by atoms with Gasteiger partial charge in [-0.1, -0.05) is 19.1 Å². The van der Waals surface area contributed by atoms with Crippen molar-refractivity contribution in [1.29, 1.82) is 5.26 Å². The second-order valence-corrected chi connectivity index (χ2v) is 5.39. The van der Waals surface area contributed by atoms with Crippen LogP contribution >= 0.6 is 11.3 Å². The van der Waals surface area contributed by atoms with Gasteiger partial charge in [-0.3, -0.25) is 0 Å². The zero-order valence-corrected chi connectivity index (χ0v) is 11.3. The summed E-state index contributed by atoms with van der Waals surface area (Å²) in [5.41, 5.74) is 1.92. The lowest BCUT2D eigenvalue weighted by Crippen LogP contribution is -2.11. The zero-order valence-electron chi connectivity index (χ0n) is 10.4. The first-order valence-electron chi connectivity index (χ1n) is 6.09. The van der Waals surface area contributed by atoms with Crippen molar-refractivity contribution in [3.05, 3.63) is 57.3 Å². The number of nitrogens with zero attached hydrogens (tertiary/aromatic N) is 1. The molecule has 18 heavy (non-hydrogen) atoms. The third kappa shape index (κ3) is 3.43. The normalized spacial score (nSPS) is 10.2. The van der Waals surface area contributed by atoms with Crippen LogP contribution in [-0.2, 0) is 19.5 Å². The Bertz CT molecular complexity index is 534. The molecular formula is C15H16N2S. The van der Waals surface area contributed by atoms with E-state index in [4.69, 9.17) is 5.26 Å². The first-order valence-corrected chi connectivity index (χ1v) is 6.91. The Morgan fingerprint density at radius 2 is 1.78 bits per heavy atom. The van der Waals surface area contributed by atoms with E-state index in [1.54, 1.807) is 0 Å². The summed E-state index contributed by atoms with van der Waals surface area (Å²) in [5, 5.41) is 12.1. The summed E-state index contributed by atoms with van der Waals surface area (Å²) in [4.78, 5) is 2.81. The molecule has 1 N–H and O–H groups in total. The number of aryl methyl sites for hydroxylation is 1. The van der Waals surface area contributed by atoms with Crippen LogP contribution in [0.4, 0.5) is 0 Å². The summed E-state index contributed by atoms with van der Waals surface area (Å²) < 4.78 is 0. The van der Waals surface area contributed by atoms with Crippen LogP contribution in [0.3, 0.4) is 0 Å². The second-order valence-electron chi connectivity index (χ2n) is 4.13. The number of thiophene rings is 1. The molecule has 92 valence electrons.